The largest absolute Gasteiger partial charge is 0.390 e. The van der Waals surface area contributed by atoms with E-state index in [2.05, 4.69) is 0 Å². The number of hydrogen-bond donors (Lipinski definition) is 2. The van der Waals surface area contributed by atoms with Gasteiger partial charge in [-0.15, -0.1) is 0 Å². The lowest BCUT2D eigenvalue weighted by Crippen LogP contribution is -2.38. The third-order valence-electron chi connectivity index (χ3n) is 5.21. The number of aliphatic hydroxyl groups is 2. The number of aliphatic hydroxyl groups excluding tert-OH is 2. The van der Waals surface area contributed by atoms with E-state index in [1.807, 2.05) is 91.0 Å². The molecule has 2 N–H and O–H groups in total. The van der Waals surface area contributed by atoms with Gasteiger partial charge in [0.15, 0.2) is 6.29 Å². The topological polar surface area (TPSA) is 58.9 Å². The zero-order valence-electron chi connectivity index (χ0n) is 15.5. The van der Waals surface area contributed by atoms with Crippen molar-refractivity contribution in [3.8, 4) is 0 Å². The third-order valence-corrected chi connectivity index (χ3v) is 5.21. The highest BCUT2D eigenvalue weighted by Crippen LogP contribution is 2.41. The number of hydrogen-bond acceptors (Lipinski definition) is 4. The summed E-state index contributed by atoms with van der Waals surface area (Å²) in [5.41, 5.74) is 2.10. The monoisotopic (exact) mass is 376 g/mol. The minimum atomic E-state index is -0.955. The van der Waals surface area contributed by atoms with E-state index in [9.17, 15) is 10.2 Å². The van der Waals surface area contributed by atoms with E-state index in [-0.39, 0.29) is 13.0 Å². The summed E-state index contributed by atoms with van der Waals surface area (Å²) in [6.07, 6.45) is -2.09. The lowest BCUT2D eigenvalue weighted by atomic mass is 9.80. The molecule has 0 saturated carbocycles. The first-order valence-corrected chi connectivity index (χ1v) is 9.52. The van der Waals surface area contributed by atoms with Gasteiger partial charge in [-0.3, -0.25) is 0 Å². The quantitative estimate of drug-likeness (QED) is 0.647. The molecule has 144 valence electrons. The zero-order chi connectivity index (χ0) is 19.4. The van der Waals surface area contributed by atoms with Crippen LogP contribution in [0.15, 0.2) is 91.0 Å². The second-order valence-corrected chi connectivity index (χ2v) is 7.02. The standard InChI is InChI=1S/C24H24O4/c25-21-16-23(26)28-22(21)17-27-24(18-10-4-1-5-11-18,19-12-6-2-7-13-19)20-14-8-3-9-15-20/h1-15,21-23,25-26H,16-17H2/t21-,22+,23?/m0/s1. The van der Waals surface area contributed by atoms with Gasteiger partial charge in [-0.1, -0.05) is 91.0 Å². The van der Waals surface area contributed by atoms with Gasteiger partial charge in [-0.2, -0.15) is 0 Å². The van der Waals surface area contributed by atoms with Gasteiger partial charge in [-0.05, 0) is 16.7 Å². The van der Waals surface area contributed by atoms with Crippen molar-refractivity contribution in [2.45, 2.75) is 30.5 Å². The molecule has 1 aliphatic heterocycles. The van der Waals surface area contributed by atoms with E-state index < -0.39 is 24.1 Å². The second-order valence-electron chi connectivity index (χ2n) is 7.02. The van der Waals surface area contributed by atoms with Gasteiger partial charge in [0, 0.05) is 6.42 Å². The van der Waals surface area contributed by atoms with Crippen LogP contribution < -0.4 is 0 Å². The van der Waals surface area contributed by atoms with Crippen molar-refractivity contribution in [1.82, 2.24) is 0 Å². The highest BCUT2D eigenvalue weighted by atomic mass is 16.6. The molecule has 4 rings (SSSR count). The summed E-state index contributed by atoms with van der Waals surface area (Å²) in [7, 11) is 0. The Labute approximate surface area is 165 Å². The predicted octanol–water partition coefficient (Wildman–Crippen LogP) is 3.46. The van der Waals surface area contributed by atoms with E-state index in [1.165, 1.54) is 0 Å². The highest BCUT2D eigenvalue weighted by molar-refractivity contribution is 5.47. The van der Waals surface area contributed by atoms with Crippen molar-refractivity contribution in [3.05, 3.63) is 108 Å². The Morgan fingerprint density at radius 1 is 0.750 bits per heavy atom. The minimum absolute atomic E-state index is 0.150. The fourth-order valence-corrected chi connectivity index (χ4v) is 3.83. The normalized spacial score (nSPS) is 22.3. The molecule has 1 heterocycles. The van der Waals surface area contributed by atoms with Crippen LogP contribution in [0.3, 0.4) is 0 Å². The Kier molecular flexibility index (Phi) is 5.55. The average molecular weight is 376 g/mol. The molecule has 4 heteroatoms. The summed E-state index contributed by atoms with van der Waals surface area (Å²) in [6, 6.07) is 30.1. The summed E-state index contributed by atoms with van der Waals surface area (Å²) in [5, 5.41) is 19.9. The maximum atomic E-state index is 10.2. The second kappa shape index (κ2) is 8.25. The highest BCUT2D eigenvalue weighted by Gasteiger charge is 2.40. The number of ether oxygens (including phenoxy) is 2. The first kappa shape index (κ1) is 18.8. The van der Waals surface area contributed by atoms with Gasteiger partial charge in [-0.25, -0.2) is 0 Å². The van der Waals surface area contributed by atoms with E-state index in [4.69, 9.17) is 9.47 Å². The maximum absolute atomic E-state index is 10.2. The van der Waals surface area contributed by atoms with Crippen LogP contribution in [-0.2, 0) is 15.1 Å². The molecule has 1 saturated heterocycles. The van der Waals surface area contributed by atoms with Gasteiger partial charge in [0.25, 0.3) is 0 Å². The fourth-order valence-electron chi connectivity index (χ4n) is 3.83. The van der Waals surface area contributed by atoms with Gasteiger partial charge in [0.05, 0.1) is 12.7 Å². The molecule has 1 unspecified atom stereocenters. The van der Waals surface area contributed by atoms with Crippen LogP contribution in [0.2, 0.25) is 0 Å². The molecule has 1 fully saturated rings. The van der Waals surface area contributed by atoms with E-state index in [0.717, 1.165) is 16.7 Å². The molecular formula is C24H24O4. The summed E-state index contributed by atoms with van der Waals surface area (Å²) in [5.74, 6) is 0. The average Bonchev–Trinajstić information content (AvgIpc) is 3.08. The first-order valence-electron chi connectivity index (χ1n) is 9.52. The van der Waals surface area contributed by atoms with Crippen LogP contribution in [-0.4, -0.2) is 35.3 Å². The molecule has 3 aromatic carbocycles. The van der Waals surface area contributed by atoms with E-state index in [0.29, 0.717) is 0 Å². The zero-order valence-corrected chi connectivity index (χ0v) is 15.5. The number of benzene rings is 3. The lowest BCUT2D eigenvalue weighted by molar-refractivity contribution is -0.130. The Morgan fingerprint density at radius 2 is 1.18 bits per heavy atom. The Balaban J connectivity index is 1.81. The molecule has 0 spiro atoms. The van der Waals surface area contributed by atoms with Crippen LogP contribution in [0.1, 0.15) is 23.1 Å². The van der Waals surface area contributed by atoms with Gasteiger partial charge < -0.3 is 19.7 Å². The molecule has 3 aromatic rings. The van der Waals surface area contributed by atoms with Crippen molar-refractivity contribution >= 4 is 0 Å². The van der Waals surface area contributed by atoms with Gasteiger partial charge in [0.2, 0.25) is 0 Å². The summed E-state index contributed by atoms with van der Waals surface area (Å²) in [4.78, 5) is 0. The van der Waals surface area contributed by atoms with E-state index in [1.54, 1.807) is 0 Å². The molecule has 0 aliphatic carbocycles. The molecule has 3 atom stereocenters. The van der Waals surface area contributed by atoms with Crippen LogP contribution in [0.25, 0.3) is 0 Å². The van der Waals surface area contributed by atoms with Crippen LogP contribution in [0.5, 0.6) is 0 Å². The van der Waals surface area contributed by atoms with Crippen molar-refractivity contribution in [2.75, 3.05) is 6.61 Å². The SMILES string of the molecule is OC1C[C@H](O)[C@@H](COC(c2ccccc2)(c2ccccc2)c2ccccc2)O1. The Hall–Kier alpha value is -2.50. The molecule has 28 heavy (non-hydrogen) atoms. The molecule has 0 amide bonds. The Morgan fingerprint density at radius 3 is 1.54 bits per heavy atom. The summed E-state index contributed by atoms with van der Waals surface area (Å²) < 4.78 is 12.1. The van der Waals surface area contributed by atoms with Gasteiger partial charge >= 0.3 is 0 Å². The van der Waals surface area contributed by atoms with Crippen molar-refractivity contribution in [1.29, 1.82) is 0 Å². The van der Waals surface area contributed by atoms with Crippen LogP contribution >= 0.6 is 0 Å². The summed E-state index contributed by atoms with van der Waals surface area (Å²) >= 11 is 0. The fraction of sp³-hybridized carbons (Fsp3) is 0.250. The molecule has 0 bridgehead atoms. The van der Waals surface area contributed by atoms with Crippen molar-refractivity contribution in [3.63, 3.8) is 0 Å². The predicted molar refractivity (Wildman–Crippen MR) is 107 cm³/mol. The number of rotatable bonds is 6. The lowest BCUT2D eigenvalue weighted by Gasteiger charge is -2.37. The van der Waals surface area contributed by atoms with Gasteiger partial charge in [0.1, 0.15) is 11.7 Å². The molecule has 0 radical (unpaired) electrons. The minimum Gasteiger partial charge on any atom is -0.390 e. The molecular weight excluding hydrogens is 352 g/mol. The molecule has 1 aliphatic rings. The summed E-state index contributed by atoms with van der Waals surface area (Å²) in [6.45, 7) is 0.150. The van der Waals surface area contributed by atoms with Crippen molar-refractivity contribution in [2.24, 2.45) is 0 Å². The molecule has 4 nitrogen and oxygen atoms in total. The first-order chi connectivity index (χ1) is 13.7. The van der Waals surface area contributed by atoms with Crippen LogP contribution in [0, 0.1) is 0 Å². The van der Waals surface area contributed by atoms with E-state index >= 15 is 0 Å². The smallest absolute Gasteiger partial charge is 0.157 e. The third kappa shape index (κ3) is 3.60. The van der Waals surface area contributed by atoms with Crippen molar-refractivity contribution < 1.29 is 19.7 Å². The van der Waals surface area contributed by atoms with Crippen LogP contribution in [0.4, 0.5) is 0 Å². The molecule has 0 aromatic heterocycles. The Bertz CT molecular complexity index is 770. The maximum Gasteiger partial charge on any atom is 0.157 e.